The lowest BCUT2D eigenvalue weighted by atomic mass is 10.0. The van der Waals surface area contributed by atoms with Gasteiger partial charge in [0.15, 0.2) is 0 Å². The minimum atomic E-state index is -0.375. The molecule has 0 bridgehead atoms. The molecule has 0 atom stereocenters. The molecule has 0 N–H and O–H groups in total. The monoisotopic (exact) mass is 311 g/mol. The molecule has 0 heterocycles. The van der Waals surface area contributed by atoms with E-state index in [1.54, 1.807) is 24.3 Å². The smallest absolute Gasteiger partial charge is 0.130 e. The summed E-state index contributed by atoms with van der Waals surface area (Å²) in [6.45, 7) is 4.86. The molecule has 23 heavy (non-hydrogen) atoms. The summed E-state index contributed by atoms with van der Waals surface area (Å²) in [5, 5.41) is 9.39. The van der Waals surface area contributed by atoms with Crippen LogP contribution in [-0.2, 0) is 0 Å². The van der Waals surface area contributed by atoms with E-state index in [9.17, 15) is 9.65 Å². The maximum absolute atomic E-state index is 13.4. The molecule has 0 fully saturated rings. The highest BCUT2D eigenvalue weighted by atomic mass is 19.1. The number of halogens is 1. The van der Waals surface area contributed by atoms with Crippen molar-refractivity contribution >= 4 is 11.6 Å². The van der Waals surface area contributed by atoms with Crippen molar-refractivity contribution in [1.29, 1.82) is 5.26 Å². The Kier molecular flexibility index (Phi) is 5.76. The van der Waals surface area contributed by atoms with Gasteiger partial charge in [0.1, 0.15) is 17.3 Å². The second kappa shape index (κ2) is 8.00. The number of nitriles is 1. The van der Waals surface area contributed by atoms with Gasteiger partial charge in [-0.2, -0.15) is 5.26 Å². The summed E-state index contributed by atoms with van der Waals surface area (Å²) in [6, 6.07) is 13.5. The van der Waals surface area contributed by atoms with Crippen LogP contribution in [-0.4, -0.2) is 13.2 Å². The van der Waals surface area contributed by atoms with Crippen LogP contribution in [0.2, 0.25) is 0 Å². The van der Waals surface area contributed by atoms with Crippen molar-refractivity contribution in [3.63, 3.8) is 0 Å². The third kappa shape index (κ3) is 4.33. The van der Waals surface area contributed by atoms with E-state index in [0.29, 0.717) is 35.8 Å². The first-order chi connectivity index (χ1) is 11.2. The summed E-state index contributed by atoms with van der Waals surface area (Å²) >= 11 is 0. The van der Waals surface area contributed by atoms with Gasteiger partial charge < -0.3 is 9.47 Å². The topological polar surface area (TPSA) is 42.2 Å². The average molecular weight is 311 g/mol. The Labute approximate surface area is 135 Å². The Morgan fingerprint density at radius 1 is 1.13 bits per heavy atom. The van der Waals surface area contributed by atoms with E-state index in [0.717, 1.165) is 5.56 Å². The summed E-state index contributed by atoms with van der Waals surface area (Å²) in [4.78, 5) is 0. The van der Waals surface area contributed by atoms with Crippen LogP contribution in [0.25, 0.3) is 11.6 Å². The van der Waals surface area contributed by atoms with Gasteiger partial charge in [-0.1, -0.05) is 12.1 Å². The van der Waals surface area contributed by atoms with Crippen LogP contribution >= 0.6 is 0 Å². The Morgan fingerprint density at radius 3 is 2.57 bits per heavy atom. The lowest BCUT2D eigenvalue weighted by molar-refractivity contribution is 0.322. The third-order valence-electron chi connectivity index (χ3n) is 3.15. The van der Waals surface area contributed by atoms with Gasteiger partial charge in [0.25, 0.3) is 0 Å². The predicted octanol–water partition coefficient (Wildman–Crippen LogP) is 4.69. The Bertz CT molecular complexity index is 747. The lowest BCUT2D eigenvalue weighted by Gasteiger charge is -2.11. The van der Waals surface area contributed by atoms with E-state index in [4.69, 9.17) is 9.47 Å². The van der Waals surface area contributed by atoms with Crippen molar-refractivity contribution in [3.8, 4) is 17.6 Å². The number of rotatable bonds is 6. The molecule has 3 nitrogen and oxygen atoms in total. The zero-order chi connectivity index (χ0) is 16.7. The summed E-state index contributed by atoms with van der Waals surface area (Å²) in [5.41, 5.74) is 1.65. The molecule has 0 radical (unpaired) electrons. The van der Waals surface area contributed by atoms with Crippen LogP contribution < -0.4 is 9.47 Å². The standard InChI is InChI=1S/C19H18FNO2/c1-3-22-18-9-8-15(19(12-18)23-4-2)10-16(13-21)14-6-5-7-17(20)11-14/h5-12H,3-4H2,1-2H3/b16-10-. The van der Waals surface area contributed by atoms with Crippen molar-refractivity contribution in [3.05, 3.63) is 59.4 Å². The highest BCUT2D eigenvalue weighted by Crippen LogP contribution is 2.29. The first-order valence-electron chi connectivity index (χ1n) is 7.45. The van der Waals surface area contributed by atoms with E-state index in [-0.39, 0.29) is 5.82 Å². The van der Waals surface area contributed by atoms with Gasteiger partial charge in [0, 0.05) is 11.6 Å². The van der Waals surface area contributed by atoms with Crippen LogP contribution in [0.15, 0.2) is 42.5 Å². The van der Waals surface area contributed by atoms with Crippen LogP contribution in [0, 0.1) is 17.1 Å². The van der Waals surface area contributed by atoms with E-state index in [1.165, 1.54) is 12.1 Å². The summed E-state index contributed by atoms with van der Waals surface area (Å²) in [6.07, 6.45) is 1.69. The maximum Gasteiger partial charge on any atom is 0.130 e. The fourth-order valence-corrected chi connectivity index (χ4v) is 2.16. The molecule has 0 saturated heterocycles. The minimum absolute atomic E-state index is 0.370. The number of benzene rings is 2. The van der Waals surface area contributed by atoms with E-state index in [1.807, 2.05) is 26.0 Å². The summed E-state index contributed by atoms with van der Waals surface area (Å²) < 4.78 is 24.4. The van der Waals surface area contributed by atoms with Gasteiger partial charge in [-0.25, -0.2) is 4.39 Å². The molecule has 2 aromatic rings. The quantitative estimate of drug-likeness (QED) is 0.574. The van der Waals surface area contributed by atoms with Crippen molar-refractivity contribution in [2.24, 2.45) is 0 Å². The number of hydrogen-bond donors (Lipinski definition) is 0. The number of ether oxygens (including phenoxy) is 2. The highest BCUT2D eigenvalue weighted by molar-refractivity contribution is 5.90. The van der Waals surface area contributed by atoms with E-state index >= 15 is 0 Å². The van der Waals surface area contributed by atoms with Crippen molar-refractivity contribution in [2.75, 3.05) is 13.2 Å². The molecule has 4 heteroatoms. The van der Waals surface area contributed by atoms with Crippen LogP contribution in [0.1, 0.15) is 25.0 Å². The average Bonchev–Trinajstić information content (AvgIpc) is 2.55. The largest absolute Gasteiger partial charge is 0.494 e. The molecule has 0 aromatic heterocycles. The number of allylic oxidation sites excluding steroid dienone is 1. The van der Waals surface area contributed by atoms with Crippen molar-refractivity contribution in [1.82, 2.24) is 0 Å². The number of hydrogen-bond acceptors (Lipinski definition) is 3. The Hall–Kier alpha value is -2.80. The normalized spacial score (nSPS) is 11.0. The van der Waals surface area contributed by atoms with Crippen LogP contribution in [0.5, 0.6) is 11.5 Å². The van der Waals surface area contributed by atoms with E-state index < -0.39 is 0 Å². The summed E-state index contributed by atoms with van der Waals surface area (Å²) in [7, 11) is 0. The molecular weight excluding hydrogens is 293 g/mol. The van der Waals surface area contributed by atoms with Gasteiger partial charge in [0.05, 0.1) is 24.9 Å². The second-order valence-electron chi connectivity index (χ2n) is 4.75. The first-order valence-corrected chi connectivity index (χ1v) is 7.45. The van der Waals surface area contributed by atoms with Gasteiger partial charge in [0.2, 0.25) is 0 Å². The molecule has 118 valence electrons. The van der Waals surface area contributed by atoms with Gasteiger partial charge in [-0.15, -0.1) is 0 Å². The van der Waals surface area contributed by atoms with Gasteiger partial charge in [-0.3, -0.25) is 0 Å². The fourth-order valence-electron chi connectivity index (χ4n) is 2.16. The zero-order valence-electron chi connectivity index (χ0n) is 13.2. The third-order valence-corrected chi connectivity index (χ3v) is 3.15. The van der Waals surface area contributed by atoms with Gasteiger partial charge in [-0.05, 0) is 49.8 Å². The predicted molar refractivity (Wildman–Crippen MR) is 88.7 cm³/mol. The van der Waals surface area contributed by atoms with E-state index in [2.05, 4.69) is 6.07 Å². The molecular formula is C19H18FNO2. The van der Waals surface area contributed by atoms with Crippen molar-refractivity contribution < 1.29 is 13.9 Å². The Morgan fingerprint density at radius 2 is 1.91 bits per heavy atom. The van der Waals surface area contributed by atoms with Crippen LogP contribution in [0.3, 0.4) is 0 Å². The fraction of sp³-hybridized carbons (Fsp3) is 0.211. The maximum atomic E-state index is 13.4. The first kappa shape index (κ1) is 16.6. The SMILES string of the molecule is CCOc1ccc(/C=C(/C#N)c2cccc(F)c2)c(OCC)c1. The summed E-state index contributed by atoms with van der Waals surface area (Å²) in [5.74, 6) is 0.959. The van der Waals surface area contributed by atoms with Crippen molar-refractivity contribution in [2.45, 2.75) is 13.8 Å². The zero-order valence-corrected chi connectivity index (χ0v) is 13.2. The molecule has 0 amide bonds. The molecule has 0 aliphatic rings. The molecule has 0 saturated carbocycles. The second-order valence-corrected chi connectivity index (χ2v) is 4.75. The molecule has 0 spiro atoms. The minimum Gasteiger partial charge on any atom is -0.494 e. The number of nitrogens with zero attached hydrogens (tertiary/aromatic N) is 1. The van der Waals surface area contributed by atoms with Gasteiger partial charge >= 0.3 is 0 Å². The molecule has 2 aromatic carbocycles. The molecule has 0 aliphatic carbocycles. The molecule has 0 aliphatic heterocycles. The molecule has 0 unspecified atom stereocenters. The Balaban J connectivity index is 2.44. The molecule has 2 rings (SSSR count). The highest BCUT2D eigenvalue weighted by Gasteiger charge is 2.08. The van der Waals surface area contributed by atoms with Crippen LogP contribution in [0.4, 0.5) is 4.39 Å². The lowest BCUT2D eigenvalue weighted by Crippen LogP contribution is -1.97.